The highest BCUT2D eigenvalue weighted by molar-refractivity contribution is 8.00. The maximum atomic E-state index is 13.4. The summed E-state index contributed by atoms with van der Waals surface area (Å²) in [5.41, 5.74) is 3.31. The van der Waals surface area contributed by atoms with Gasteiger partial charge in [0, 0.05) is 23.7 Å². The first kappa shape index (κ1) is 25.0. The van der Waals surface area contributed by atoms with Crippen LogP contribution >= 0.6 is 23.1 Å². The van der Waals surface area contributed by atoms with Crippen molar-refractivity contribution in [3.63, 3.8) is 0 Å². The van der Waals surface area contributed by atoms with Crippen molar-refractivity contribution < 1.29 is 14.7 Å². The molecule has 0 bridgehead atoms. The van der Waals surface area contributed by atoms with Gasteiger partial charge in [-0.25, -0.2) is 0 Å². The molecule has 9 heteroatoms. The maximum Gasteiger partial charge on any atom is 0.301 e. The zero-order chi connectivity index (χ0) is 26.9. The van der Waals surface area contributed by atoms with Crippen LogP contribution in [-0.4, -0.2) is 32.0 Å². The van der Waals surface area contributed by atoms with Gasteiger partial charge in [0.25, 0.3) is 5.78 Å². The van der Waals surface area contributed by atoms with Gasteiger partial charge in [-0.2, -0.15) is 0 Å². The van der Waals surface area contributed by atoms with Gasteiger partial charge in [-0.05, 0) is 41.0 Å². The van der Waals surface area contributed by atoms with E-state index in [-0.39, 0.29) is 11.3 Å². The summed E-state index contributed by atoms with van der Waals surface area (Å²) in [5, 5.41) is 22.5. The third-order valence-electron chi connectivity index (χ3n) is 6.62. The Morgan fingerprint density at radius 2 is 1.69 bits per heavy atom. The number of aliphatic hydroxyl groups excluding tert-OH is 1. The minimum atomic E-state index is -0.845. The molecule has 1 aliphatic heterocycles. The van der Waals surface area contributed by atoms with Gasteiger partial charge < -0.3 is 5.11 Å². The van der Waals surface area contributed by atoms with Crippen LogP contribution in [0.1, 0.15) is 28.3 Å². The average molecular weight is 551 g/mol. The molecule has 6 rings (SSSR count). The average Bonchev–Trinajstić information content (AvgIpc) is 3.54. The monoisotopic (exact) mass is 550 g/mol. The number of Topliss-reactive ketones (excluding diaryl/α,β-unsaturated/α-hetero) is 1. The lowest BCUT2D eigenvalue weighted by molar-refractivity contribution is -0.132. The second-order valence-electron chi connectivity index (χ2n) is 9.09. The van der Waals surface area contributed by atoms with Crippen molar-refractivity contribution in [2.75, 3.05) is 4.90 Å². The summed E-state index contributed by atoms with van der Waals surface area (Å²) in [6.07, 6.45) is 3.05. The van der Waals surface area contributed by atoms with E-state index in [4.69, 9.17) is 0 Å². The lowest BCUT2D eigenvalue weighted by Gasteiger charge is -2.22. The first-order valence-corrected chi connectivity index (χ1v) is 14.0. The molecule has 5 aromatic rings. The topological polar surface area (TPSA) is 96.3 Å². The highest BCUT2D eigenvalue weighted by Gasteiger charge is 2.48. The highest BCUT2D eigenvalue weighted by Crippen LogP contribution is 2.44. The van der Waals surface area contributed by atoms with E-state index >= 15 is 0 Å². The Kier molecular flexibility index (Phi) is 6.68. The number of anilines is 1. The predicted octanol–water partition coefficient (Wildman–Crippen LogP) is 6.31. The molecule has 192 valence electrons. The van der Waals surface area contributed by atoms with Crippen molar-refractivity contribution in [1.82, 2.24) is 15.2 Å². The molecule has 1 amide bonds. The van der Waals surface area contributed by atoms with E-state index in [1.807, 2.05) is 49.4 Å². The van der Waals surface area contributed by atoms with Crippen molar-refractivity contribution in [2.45, 2.75) is 23.1 Å². The second-order valence-corrected chi connectivity index (χ2v) is 11.3. The Hall–Kier alpha value is -4.34. The van der Waals surface area contributed by atoms with Crippen LogP contribution in [0.5, 0.6) is 0 Å². The van der Waals surface area contributed by atoms with Gasteiger partial charge in [0.05, 0.1) is 11.6 Å². The fourth-order valence-electron chi connectivity index (χ4n) is 4.68. The fraction of sp³-hybridized carbons (Fsp3) is 0.100. The van der Waals surface area contributed by atoms with Crippen LogP contribution in [-0.2, 0) is 15.3 Å². The molecule has 2 aromatic heterocycles. The van der Waals surface area contributed by atoms with Gasteiger partial charge in [-0.3, -0.25) is 19.5 Å². The Labute approximate surface area is 232 Å². The number of nitrogens with zero attached hydrogens (tertiary/aromatic N) is 4. The smallest absolute Gasteiger partial charge is 0.301 e. The van der Waals surface area contributed by atoms with Gasteiger partial charge >= 0.3 is 5.91 Å². The maximum absolute atomic E-state index is 13.4. The van der Waals surface area contributed by atoms with Crippen LogP contribution in [0.3, 0.4) is 0 Å². The van der Waals surface area contributed by atoms with Crippen molar-refractivity contribution in [3.05, 3.63) is 119 Å². The zero-order valence-electron chi connectivity index (χ0n) is 20.8. The number of pyridine rings is 1. The minimum absolute atomic E-state index is 0.00946. The Morgan fingerprint density at radius 1 is 0.949 bits per heavy atom. The molecule has 1 saturated heterocycles. The van der Waals surface area contributed by atoms with Gasteiger partial charge in [-0.1, -0.05) is 95.4 Å². The number of aliphatic hydroxyl groups is 1. The Bertz CT molecular complexity index is 1730. The van der Waals surface area contributed by atoms with Gasteiger partial charge in [-0.15, -0.1) is 10.2 Å². The molecule has 0 saturated carbocycles. The van der Waals surface area contributed by atoms with Crippen LogP contribution < -0.4 is 4.90 Å². The third-order valence-corrected chi connectivity index (χ3v) is 8.73. The number of benzene rings is 3. The van der Waals surface area contributed by atoms with Crippen LogP contribution in [0.25, 0.3) is 16.5 Å². The molecule has 1 aliphatic rings. The first-order valence-electron chi connectivity index (χ1n) is 12.2. The summed E-state index contributed by atoms with van der Waals surface area (Å²) in [6.45, 7) is 1.96. The number of hydrogen-bond acceptors (Lipinski definition) is 8. The number of aryl methyl sites for hydroxylation is 1. The van der Waals surface area contributed by atoms with Gasteiger partial charge in [0.15, 0.2) is 4.34 Å². The number of thioether (sulfide) groups is 1. The van der Waals surface area contributed by atoms with Crippen molar-refractivity contribution in [1.29, 1.82) is 0 Å². The SMILES string of the molecule is Cc1ccc(C2/C(=C(\O)c3ccncc3)C(=O)C(=O)N2c2nnc(SCc3cccc4ccccc34)s2)cc1. The number of amides is 1. The van der Waals surface area contributed by atoms with Crippen LogP contribution in [0, 0.1) is 6.92 Å². The van der Waals surface area contributed by atoms with E-state index in [1.54, 1.807) is 12.1 Å². The number of aromatic nitrogens is 3. The fourth-order valence-corrected chi connectivity index (χ4v) is 6.55. The molecule has 3 heterocycles. The normalized spacial score (nSPS) is 16.7. The summed E-state index contributed by atoms with van der Waals surface area (Å²) >= 11 is 2.78. The lowest BCUT2D eigenvalue weighted by Crippen LogP contribution is -2.29. The summed E-state index contributed by atoms with van der Waals surface area (Å²) < 4.78 is 0.677. The lowest BCUT2D eigenvalue weighted by atomic mass is 9.95. The molecule has 7 nitrogen and oxygen atoms in total. The molecule has 0 aliphatic carbocycles. The van der Waals surface area contributed by atoms with Crippen molar-refractivity contribution >= 4 is 56.5 Å². The van der Waals surface area contributed by atoms with Crippen LogP contribution in [0.15, 0.2) is 101 Å². The zero-order valence-corrected chi connectivity index (χ0v) is 22.4. The van der Waals surface area contributed by atoms with Gasteiger partial charge in [0.1, 0.15) is 5.76 Å². The van der Waals surface area contributed by atoms with E-state index < -0.39 is 17.7 Å². The molecule has 1 unspecified atom stereocenters. The molecule has 0 radical (unpaired) electrons. The van der Waals surface area contributed by atoms with Crippen molar-refractivity contribution in [2.24, 2.45) is 0 Å². The summed E-state index contributed by atoms with van der Waals surface area (Å²) in [5.74, 6) is -1.09. The van der Waals surface area contributed by atoms with E-state index in [2.05, 4.69) is 39.4 Å². The second kappa shape index (κ2) is 10.4. The number of ketones is 1. The number of fused-ring (bicyclic) bond motifs is 1. The van der Waals surface area contributed by atoms with E-state index in [0.29, 0.717) is 26.4 Å². The Morgan fingerprint density at radius 3 is 2.49 bits per heavy atom. The highest BCUT2D eigenvalue weighted by atomic mass is 32.2. The van der Waals surface area contributed by atoms with E-state index in [9.17, 15) is 14.7 Å². The van der Waals surface area contributed by atoms with E-state index in [1.165, 1.54) is 56.7 Å². The minimum Gasteiger partial charge on any atom is -0.507 e. The van der Waals surface area contributed by atoms with Gasteiger partial charge in [0.2, 0.25) is 5.13 Å². The molecule has 3 aromatic carbocycles. The largest absolute Gasteiger partial charge is 0.507 e. The van der Waals surface area contributed by atoms with Crippen LogP contribution in [0.2, 0.25) is 0 Å². The standard InChI is InChI=1S/C30H22N4O3S2/c1-18-9-11-20(12-10-18)25-24(26(35)21-13-15-31-16-14-21)27(36)28(37)34(25)29-32-33-30(39-29)38-17-22-7-4-6-19-5-2-3-8-23(19)22/h2-16,25,35H,17H2,1H3/b26-24+. The third kappa shape index (κ3) is 4.71. The van der Waals surface area contributed by atoms with E-state index in [0.717, 1.165) is 5.56 Å². The number of hydrogen-bond donors (Lipinski definition) is 1. The molecule has 39 heavy (non-hydrogen) atoms. The predicted molar refractivity (Wildman–Crippen MR) is 154 cm³/mol. The van der Waals surface area contributed by atoms with Crippen molar-refractivity contribution in [3.8, 4) is 0 Å². The molecular formula is C30H22N4O3S2. The Balaban J connectivity index is 1.36. The quantitative estimate of drug-likeness (QED) is 0.0870. The number of carbonyl (C=O) groups excluding carboxylic acids is 2. The molecule has 1 N–H and O–H groups in total. The molecule has 1 atom stereocenters. The summed E-state index contributed by atoms with van der Waals surface area (Å²) in [6, 6.07) is 24.3. The summed E-state index contributed by atoms with van der Waals surface area (Å²) in [4.78, 5) is 32.0. The number of carbonyl (C=O) groups is 2. The molecule has 1 fully saturated rings. The molecule has 0 spiro atoms. The first-order chi connectivity index (χ1) is 19.0. The summed E-state index contributed by atoms with van der Waals surface area (Å²) in [7, 11) is 0. The van der Waals surface area contributed by atoms with Crippen LogP contribution in [0.4, 0.5) is 5.13 Å². The number of rotatable bonds is 6. The molecular weight excluding hydrogens is 528 g/mol.